The topological polar surface area (TPSA) is 42.0 Å². The van der Waals surface area contributed by atoms with E-state index >= 15 is 0 Å². The third-order valence-corrected chi connectivity index (χ3v) is 1.72. The Bertz CT molecular complexity index is 363. The molecule has 1 rings (SSSR count). The van der Waals surface area contributed by atoms with Crippen LogP contribution >= 0.6 is 0 Å². The fraction of sp³-hybridized carbons (Fsp3) is 0.273. The molecule has 1 N–H and O–H groups in total. The number of carbonyl (C=O) groups excluding carboxylic acids is 1. The van der Waals surface area contributed by atoms with E-state index in [9.17, 15) is 9.18 Å². The zero-order valence-electron chi connectivity index (χ0n) is 8.53. The molecule has 1 aromatic heterocycles. The molecule has 0 atom stereocenters. The number of amides is 1. The average molecular weight is 208 g/mol. The summed E-state index contributed by atoms with van der Waals surface area (Å²) in [7, 11) is 0. The summed E-state index contributed by atoms with van der Waals surface area (Å²) < 4.78 is 12.7. The first-order chi connectivity index (χ1) is 7.18. The van der Waals surface area contributed by atoms with Crippen LogP contribution in [0.25, 0.3) is 6.08 Å². The maximum Gasteiger partial charge on any atom is 0.216 e. The van der Waals surface area contributed by atoms with E-state index in [0.29, 0.717) is 18.7 Å². The van der Waals surface area contributed by atoms with E-state index in [0.717, 1.165) is 0 Å². The summed E-state index contributed by atoms with van der Waals surface area (Å²) in [5.41, 5.74) is 0.581. The van der Waals surface area contributed by atoms with E-state index in [1.165, 1.54) is 25.3 Å². The number of aromatic nitrogens is 1. The summed E-state index contributed by atoms with van der Waals surface area (Å²) in [6.07, 6.45) is 5.70. The monoisotopic (exact) mass is 208 g/mol. The fourth-order valence-electron chi connectivity index (χ4n) is 1.05. The lowest BCUT2D eigenvalue weighted by Crippen LogP contribution is -2.20. The number of pyridine rings is 1. The predicted octanol–water partition coefficient (Wildman–Crippen LogP) is 1.76. The number of hydrogen-bond donors (Lipinski definition) is 1. The van der Waals surface area contributed by atoms with Crippen molar-refractivity contribution in [2.75, 3.05) is 6.54 Å². The highest BCUT2D eigenvalue weighted by Crippen LogP contribution is 2.01. The normalized spacial score (nSPS) is 10.5. The van der Waals surface area contributed by atoms with Crippen LogP contribution in [-0.2, 0) is 4.79 Å². The highest BCUT2D eigenvalue weighted by Gasteiger charge is 1.91. The molecule has 1 aromatic rings. The lowest BCUT2D eigenvalue weighted by molar-refractivity contribution is -0.118. The van der Waals surface area contributed by atoms with Gasteiger partial charge in [0, 0.05) is 19.7 Å². The summed E-state index contributed by atoms with van der Waals surface area (Å²) in [4.78, 5) is 14.5. The molecule has 0 aliphatic heterocycles. The Balaban J connectivity index is 2.35. The van der Waals surface area contributed by atoms with E-state index < -0.39 is 0 Å². The quantitative estimate of drug-likeness (QED) is 0.766. The summed E-state index contributed by atoms with van der Waals surface area (Å²) in [6, 6.07) is 2.66. The van der Waals surface area contributed by atoms with Crippen LogP contribution < -0.4 is 5.32 Å². The zero-order valence-corrected chi connectivity index (χ0v) is 8.53. The molecular formula is C11H13FN2O. The van der Waals surface area contributed by atoms with Crippen molar-refractivity contribution >= 4 is 12.0 Å². The first kappa shape index (κ1) is 11.4. The first-order valence-corrected chi connectivity index (χ1v) is 4.71. The van der Waals surface area contributed by atoms with Gasteiger partial charge in [-0.25, -0.2) is 4.39 Å². The molecule has 0 spiro atoms. The number of nitrogens with one attached hydrogen (secondary N) is 1. The minimum absolute atomic E-state index is 0.0488. The van der Waals surface area contributed by atoms with Crippen molar-refractivity contribution in [3.05, 3.63) is 35.9 Å². The van der Waals surface area contributed by atoms with Crippen LogP contribution in [0.1, 0.15) is 19.0 Å². The molecule has 0 aromatic carbocycles. The van der Waals surface area contributed by atoms with Crippen LogP contribution in [-0.4, -0.2) is 17.4 Å². The molecule has 0 fully saturated rings. The zero-order chi connectivity index (χ0) is 11.1. The van der Waals surface area contributed by atoms with Crippen molar-refractivity contribution in [1.82, 2.24) is 10.3 Å². The van der Waals surface area contributed by atoms with Gasteiger partial charge in [0.1, 0.15) is 5.82 Å². The Morgan fingerprint density at radius 2 is 2.47 bits per heavy atom. The Morgan fingerprint density at radius 1 is 1.67 bits per heavy atom. The predicted molar refractivity (Wildman–Crippen MR) is 56.5 cm³/mol. The van der Waals surface area contributed by atoms with Gasteiger partial charge >= 0.3 is 0 Å². The molecule has 0 saturated carbocycles. The van der Waals surface area contributed by atoms with Crippen LogP contribution in [0.3, 0.4) is 0 Å². The first-order valence-electron chi connectivity index (χ1n) is 4.71. The van der Waals surface area contributed by atoms with Crippen molar-refractivity contribution in [2.45, 2.75) is 13.3 Å². The molecule has 1 amide bonds. The van der Waals surface area contributed by atoms with Gasteiger partial charge in [-0.15, -0.1) is 0 Å². The highest BCUT2D eigenvalue weighted by molar-refractivity contribution is 5.72. The Kier molecular flexibility index (Phi) is 4.47. The number of nitrogens with zero attached hydrogens (tertiary/aromatic N) is 1. The minimum atomic E-state index is -0.300. The second kappa shape index (κ2) is 5.90. The van der Waals surface area contributed by atoms with E-state index in [1.807, 2.05) is 6.08 Å². The summed E-state index contributed by atoms with van der Waals surface area (Å²) in [5.74, 6) is -0.348. The van der Waals surface area contributed by atoms with E-state index in [4.69, 9.17) is 0 Å². The third kappa shape index (κ3) is 4.90. The van der Waals surface area contributed by atoms with Gasteiger partial charge in [-0.1, -0.05) is 6.08 Å². The summed E-state index contributed by atoms with van der Waals surface area (Å²) >= 11 is 0. The van der Waals surface area contributed by atoms with E-state index in [1.54, 1.807) is 6.08 Å². The molecular weight excluding hydrogens is 195 g/mol. The van der Waals surface area contributed by atoms with Crippen LogP contribution in [0.4, 0.5) is 4.39 Å². The molecule has 3 nitrogen and oxygen atoms in total. The van der Waals surface area contributed by atoms with Gasteiger partial charge in [0.05, 0.1) is 5.69 Å². The van der Waals surface area contributed by atoms with Crippen LogP contribution in [0.2, 0.25) is 0 Å². The Hall–Kier alpha value is -1.71. The van der Waals surface area contributed by atoms with Crippen molar-refractivity contribution in [3.8, 4) is 0 Å². The van der Waals surface area contributed by atoms with Crippen molar-refractivity contribution in [3.63, 3.8) is 0 Å². The second-order valence-corrected chi connectivity index (χ2v) is 3.07. The maximum atomic E-state index is 12.7. The molecule has 0 aliphatic carbocycles. The third-order valence-electron chi connectivity index (χ3n) is 1.72. The van der Waals surface area contributed by atoms with E-state index in [-0.39, 0.29) is 11.7 Å². The van der Waals surface area contributed by atoms with Gasteiger partial charge in [-0.2, -0.15) is 0 Å². The van der Waals surface area contributed by atoms with Crippen LogP contribution in [0.15, 0.2) is 24.4 Å². The van der Waals surface area contributed by atoms with Crippen molar-refractivity contribution in [1.29, 1.82) is 0 Å². The minimum Gasteiger partial charge on any atom is -0.356 e. The van der Waals surface area contributed by atoms with Crippen molar-refractivity contribution in [2.24, 2.45) is 0 Å². The molecule has 80 valence electrons. The van der Waals surface area contributed by atoms with E-state index in [2.05, 4.69) is 10.3 Å². The Morgan fingerprint density at radius 3 is 3.13 bits per heavy atom. The fourth-order valence-corrected chi connectivity index (χ4v) is 1.05. The highest BCUT2D eigenvalue weighted by atomic mass is 19.1. The number of halogens is 1. The second-order valence-electron chi connectivity index (χ2n) is 3.07. The standard InChI is InChI=1S/C11H13FN2O/c1-9(15)13-6-3-2-4-11-8-10(12)5-7-14-11/h2,4-5,7-8H,3,6H2,1H3,(H,13,15). The molecule has 0 radical (unpaired) electrons. The summed E-state index contributed by atoms with van der Waals surface area (Å²) in [5, 5.41) is 2.66. The molecule has 0 unspecified atom stereocenters. The lowest BCUT2D eigenvalue weighted by Gasteiger charge is -1.96. The molecule has 1 heterocycles. The number of rotatable bonds is 4. The summed E-state index contributed by atoms with van der Waals surface area (Å²) in [6.45, 7) is 2.05. The molecule has 0 saturated heterocycles. The van der Waals surface area contributed by atoms with Gasteiger partial charge in [0.2, 0.25) is 5.91 Å². The molecule has 15 heavy (non-hydrogen) atoms. The molecule has 0 aliphatic rings. The van der Waals surface area contributed by atoms with Gasteiger partial charge in [-0.3, -0.25) is 9.78 Å². The van der Waals surface area contributed by atoms with Crippen LogP contribution in [0, 0.1) is 5.82 Å². The molecule has 0 bridgehead atoms. The van der Waals surface area contributed by atoms with Gasteiger partial charge in [0.15, 0.2) is 0 Å². The number of carbonyl (C=O) groups is 1. The Labute approximate surface area is 88.0 Å². The van der Waals surface area contributed by atoms with Crippen molar-refractivity contribution < 1.29 is 9.18 Å². The number of hydrogen-bond acceptors (Lipinski definition) is 2. The molecule has 4 heteroatoms. The lowest BCUT2D eigenvalue weighted by atomic mass is 10.3. The van der Waals surface area contributed by atoms with Gasteiger partial charge in [-0.05, 0) is 24.6 Å². The largest absolute Gasteiger partial charge is 0.356 e. The maximum absolute atomic E-state index is 12.7. The van der Waals surface area contributed by atoms with Crippen LogP contribution in [0.5, 0.6) is 0 Å². The van der Waals surface area contributed by atoms with Gasteiger partial charge in [0.25, 0.3) is 0 Å². The van der Waals surface area contributed by atoms with Gasteiger partial charge < -0.3 is 5.32 Å². The average Bonchev–Trinajstić information content (AvgIpc) is 2.17. The smallest absolute Gasteiger partial charge is 0.216 e. The SMILES string of the molecule is CC(=O)NCCC=Cc1cc(F)ccn1.